The van der Waals surface area contributed by atoms with Gasteiger partial charge < -0.3 is 4.90 Å². The number of benzene rings is 1. The summed E-state index contributed by atoms with van der Waals surface area (Å²) in [7, 11) is -5.26. The Morgan fingerprint density at radius 3 is 2.10 bits per heavy atom. The Kier molecular flexibility index (Phi) is 4.87. The Morgan fingerprint density at radius 1 is 1.14 bits per heavy atom. The van der Waals surface area contributed by atoms with Gasteiger partial charge in [-0.05, 0) is 43.0 Å². The van der Waals surface area contributed by atoms with E-state index in [-0.39, 0.29) is 0 Å². The molecule has 0 spiro atoms. The molecule has 0 saturated carbocycles. The normalized spacial score (nSPS) is 18.0. The second kappa shape index (κ2) is 6.16. The van der Waals surface area contributed by atoms with Crippen molar-refractivity contribution in [3.63, 3.8) is 0 Å². The molecule has 0 N–H and O–H groups in total. The van der Waals surface area contributed by atoms with Crippen LogP contribution in [0.25, 0.3) is 0 Å². The van der Waals surface area contributed by atoms with E-state index in [9.17, 15) is 21.6 Å². The highest BCUT2D eigenvalue weighted by molar-refractivity contribution is 9.09. The molecule has 0 unspecified atom stereocenters. The largest absolute Gasteiger partial charge is 0.501 e. The molecule has 8 heteroatoms. The van der Waals surface area contributed by atoms with Crippen molar-refractivity contribution in [2.75, 3.05) is 23.3 Å². The smallest absolute Gasteiger partial charge is 0.372 e. The number of piperidine rings is 1. The lowest BCUT2D eigenvalue weighted by Crippen LogP contribution is -2.34. The summed E-state index contributed by atoms with van der Waals surface area (Å²) < 4.78 is 59.9. The van der Waals surface area contributed by atoms with Crippen LogP contribution in [-0.4, -0.2) is 32.3 Å². The van der Waals surface area contributed by atoms with Crippen LogP contribution in [0, 0.1) is 5.92 Å². The van der Waals surface area contributed by atoms with Crippen molar-refractivity contribution in [2.45, 2.75) is 23.2 Å². The van der Waals surface area contributed by atoms with Crippen LogP contribution >= 0.6 is 15.9 Å². The minimum atomic E-state index is -5.26. The number of alkyl halides is 4. The van der Waals surface area contributed by atoms with E-state index in [0.717, 1.165) is 49.1 Å². The van der Waals surface area contributed by atoms with Crippen molar-refractivity contribution in [3.05, 3.63) is 24.3 Å². The number of sulfone groups is 1. The Bertz CT molecular complexity index is 578. The molecule has 21 heavy (non-hydrogen) atoms. The molecule has 0 aromatic heterocycles. The van der Waals surface area contributed by atoms with E-state index in [1.54, 1.807) is 0 Å². The van der Waals surface area contributed by atoms with E-state index in [4.69, 9.17) is 0 Å². The van der Waals surface area contributed by atoms with Gasteiger partial charge in [-0.2, -0.15) is 13.2 Å². The quantitative estimate of drug-likeness (QED) is 0.746. The fraction of sp³-hybridized carbons (Fsp3) is 0.538. The second-order valence-electron chi connectivity index (χ2n) is 5.03. The Labute approximate surface area is 130 Å². The number of rotatable bonds is 3. The van der Waals surface area contributed by atoms with E-state index in [0.29, 0.717) is 5.92 Å². The Hall–Kier alpha value is -0.760. The molecule has 0 aliphatic carbocycles. The zero-order valence-corrected chi connectivity index (χ0v) is 13.5. The molecule has 0 radical (unpaired) electrons. The molecule has 118 valence electrons. The lowest BCUT2D eigenvalue weighted by molar-refractivity contribution is -0.0436. The first-order valence-electron chi connectivity index (χ1n) is 6.48. The third-order valence-corrected chi connectivity index (χ3v) is 6.07. The van der Waals surface area contributed by atoms with Crippen LogP contribution in [0.3, 0.4) is 0 Å². The topological polar surface area (TPSA) is 37.4 Å². The number of anilines is 1. The summed E-state index contributed by atoms with van der Waals surface area (Å²) in [6.45, 7) is 1.64. The summed E-state index contributed by atoms with van der Waals surface area (Å²) in [5.74, 6) is 0.617. The zero-order valence-electron chi connectivity index (χ0n) is 11.1. The molecule has 1 fully saturated rings. The summed E-state index contributed by atoms with van der Waals surface area (Å²) in [5.41, 5.74) is -4.51. The second-order valence-corrected chi connectivity index (χ2v) is 7.62. The minimum absolute atomic E-state index is 0.617. The minimum Gasteiger partial charge on any atom is -0.372 e. The van der Waals surface area contributed by atoms with Gasteiger partial charge in [0.25, 0.3) is 9.84 Å². The Balaban J connectivity index is 2.14. The van der Waals surface area contributed by atoms with Gasteiger partial charge in [0.15, 0.2) is 0 Å². The molecule has 0 atom stereocenters. The molecular weight excluding hydrogens is 371 g/mol. The van der Waals surface area contributed by atoms with Gasteiger partial charge in [-0.25, -0.2) is 8.42 Å². The Morgan fingerprint density at radius 2 is 1.67 bits per heavy atom. The summed E-state index contributed by atoms with van der Waals surface area (Å²) in [6, 6.07) is 4.92. The summed E-state index contributed by atoms with van der Waals surface area (Å²) in [5, 5.41) is 0.948. The van der Waals surface area contributed by atoms with E-state index < -0.39 is 20.2 Å². The van der Waals surface area contributed by atoms with Crippen molar-refractivity contribution >= 4 is 31.5 Å². The lowest BCUT2D eigenvalue weighted by Gasteiger charge is -2.33. The predicted molar refractivity (Wildman–Crippen MR) is 78.4 cm³/mol. The first-order chi connectivity index (χ1) is 9.75. The summed E-state index contributed by atoms with van der Waals surface area (Å²) in [6.07, 6.45) is 2.02. The molecule has 1 saturated heterocycles. The molecule has 3 nitrogen and oxygen atoms in total. The van der Waals surface area contributed by atoms with Gasteiger partial charge in [-0.1, -0.05) is 15.9 Å². The standard InChI is InChI=1S/C13H15BrF3NO2S/c14-9-10-5-7-18(8-6-10)11-1-3-12(4-2-11)21(19,20)13(15,16)17/h1-4,10H,5-9H2. The van der Waals surface area contributed by atoms with Crippen molar-refractivity contribution in [1.82, 2.24) is 0 Å². The van der Waals surface area contributed by atoms with Crippen LogP contribution < -0.4 is 4.90 Å². The van der Waals surface area contributed by atoms with E-state index in [1.165, 1.54) is 12.1 Å². The van der Waals surface area contributed by atoms with Crippen LogP contribution in [0.5, 0.6) is 0 Å². The van der Waals surface area contributed by atoms with Crippen molar-refractivity contribution in [3.8, 4) is 0 Å². The number of hydrogen-bond donors (Lipinski definition) is 0. The molecule has 2 rings (SSSR count). The van der Waals surface area contributed by atoms with Crippen molar-refractivity contribution in [1.29, 1.82) is 0 Å². The SMILES string of the molecule is O=S(=O)(c1ccc(N2CCC(CBr)CC2)cc1)C(F)(F)F. The summed E-state index contributed by atoms with van der Waals surface area (Å²) in [4.78, 5) is 1.34. The fourth-order valence-electron chi connectivity index (χ4n) is 2.32. The van der Waals surface area contributed by atoms with E-state index in [1.807, 2.05) is 0 Å². The van der Waals surface area contributed by atoms with Gasteiger partial charge in [0.2, 0.25) is 0 Å². The molecule has 0 bridgehead atoms. The molecule has 0 amide bonds. The van der Waals surface area contributed by atoms with Gasteiger partial charge in [-0.15, -0.1) is 0 Å². The maximum atomic E-state index is 12.5. The first kappa shape index (κ1) is 16.6. The number of nitrogens with zero attached hydrogens (tertiary/aromatic N) is 1. The van der Waals surface area contributed by atoms with E-state index in [2.05, 4.69) is 20.8 Å². The molecule has 1 aromatic carbocycles. The van der Waals surface area contributed by atoms with Gasteiger partial charge in [0.05, 0.1) is 4.90 Å². The van der Waals surface area contributed by atoms with E-state index >= 15 is 0 Å². The van der Waals surface area contributed by atoms with Gasteiger partial charge >= 0.3 is 5.51 Å². The third kappa shape index (κ3) is 3.53. The third-order valence-electron chi connectivity index (χ3n) is 3.65. The van der Waals surface area contributed by atoms with Gasteiger partial charge in [0.1, 0.15) is 0 Å². The van der Waals surface area contributed by atoms with Gasteiger partial charge in [-0.3, -0.25) is 0 Å². The monoisotopic (exact) mass is 385 g/mol. The predicted octanol–water partition coefficient (Wildman–Crippen LogP) is 3.59. The van der Waals surface area contributed by atoms with Crippen LogP contribution in [0.2, 0.25) is 0 Å². The van der Waals surface area contributed by atoms with Crippen LogP contribution in [-0.2, 0) is 9.84 Å². The molecular formula is C13H15BrF3NO2S. The average Bonchev–Trinajstić information content (AvgIpc) is 2.46. The van der Waals surface area contributed by atoms with Crippen molar-refractivity contribution < 1.29 is 21.6 Å². The molecule has 1 heterocycles. The van der Waals surface area contributed by atoms with Crippen LogP contribution in [0.1, 0.15) is 12.8 Å². The zero-order chi connectivity index (χ0) is 15.7. The molecule has 1 aliphatic heterocycles. The first-order valence-corrected chi connectivity index (χ1v) is 9.08. The average molecular weight is 386 g/mol. The van der Waals surface area contributed by atoms with Crippen LogP contribution in [0.15, 0.2) is 29.2 Å². The highest BCUT2D eigenvalue weighted by atomic mass is 79.9. The number of hydrogen-bond acceptors (Lipinski definition) is 3. The van der Waals surface area contributed by atoms with Crippen LogP contribution in [0.4, 0.5) is 18.9 Å². The van der Waals surface area contributed by atoms with Gasteiger partial charge in [0, 0.05) is 24.1 Å². The molecule has 1 aromatic rings. The maximum Gasteiger partial charge on any atom is 0.501 e. The van der Waals surface area contributed by atoms with Crippen molar-refractivity contribution in [2.24, 2.45) is 5.92 Å². The fourth-order valence-corrected chi connectivity index (χ4v) is 3.72. The summed E-state index contributed by atoms with van der Waals surface area (Å²) >= 11 is 3.45. The number of halogens is 4. The highest BCUT2D eigenvalue weighted by Crippen LogP contribution is 2.32. The highest BCUT2D eigenvalue weighted by Gasteiger charge is 2.46. The maximum absolute atomic E-state index is 12.5. The lowest BCUT2D eigenvalue weighted by atomic mass is 9.99. The molecule has 1 aliphatic rings.